The van der Waals surface area contributed by atoms with E-state index < -0.39 is 0 Å². The van der Waals surface area contributed by atoms with Crippen LogP contribution in [0, 0.1) is 12.8 Å². The van der Waals surface area contributed by atoms with E-state index in [1.54, 1.807) is 25.1 Å². The summed E-state index contributed by atoms with van der Waals surface area (Å²) in [5, 5.41) is 4.38. The van der Waals surface area contributed by atoms with E-state index in [1.807, 2.05) is 37.3 Å². The van der Waals surface area contributed by atoms with E-state index in [0.29, 0.717) is 39.5 Å². The van der Waals surface area contributed by atoms with Crippen LogP contribution in [0.1, 0.15) is 54.8 Å². The van der Waals surface area contributed by atoms with Gasteiger partial charge < -0.3 is 10.7 Å². The van der Waals surface area contributed by atoms with E-state index in [9.17, 15) is 9.59 Å². The number of nitrogens with zero attached hydrogens (tertiary/aromatic N) is 1. The predicted molar refractivity (Wildman–Crippen MR) is 124 cm³/mol. The summed E-state index contributed by atoms with van der Waals surface area (Å²) < 4.78 is 1.45. The number of aromatic nitrogens is 1. The largest absolute Gasteiger partial charge is 0.345 e. The van der Waals surface area contributed by atoms with Crippen molar-refractivity contribution in [2.24, 2.45) is 5.92 Å². The summed E-state index contributed by atoms with van der Waals surface area (Å²) in [7, 11) is 0. The van der Waals surface area contributed by atoms with Crippen LogP contribution in [0.2, 0.25) is 5.02 Å². The smallest absolute Gasteiger partial charge is 0.278 e. The van der Waals surface area contributed by atoms with Crippen LogP contribution >= 0.6 is 11.6 Å². The average molecular weight is 426 g/mol. The van der Waals surface area contributed by atoms with Crippen molar-refractivity contribution < 1.29 is 4.79 Å². The summed E-state index contributed by atoms with van der Waals surface area (Å²) >= 11 is 6.38. The van der Waals surface area contributed by atoms with Gasteiger partial charge in [0.1, 0.15) is 0 Å². The van der Waals surface area contributed by atoms with Crippen molar-refractivity contribution in [3.8, 4) is 0 Å². The second kappa shape index (κ2) is 9.35. The third kappa shape index (κ3) is 4.36. The van der Waals surface area contributed by atoms with Crippen LogP contribution < -0.4 is 16.3 Å². The van der Waals surface area contributed by atoms with Crippen LogP contribution in [0.3, 0.4) is 0 Å². The molecule has 1 atom stereocenters. The maximum absolute atomic E-state index is 13.4. The van der Waals surface area contributed by atoms with E-state index in [1.165, 1.54) is 4.68 Å². The van der Waals surface area contributed by atoms with Crippen molar-refractivity contribution in [3.05, 3.63) is 80.7 Å². The lowest BCUT2D eigenvalue weighted by Crippen LogP contribution is -2.37. The lowest BCUT2D eigenvalue weighted by molar-refractivity contribution is 0.0936. The molecule has 1 aromatic heterocycles. The molecule has 0 aliphatic carbocycles. The first-order valence-corrected chi connectivity index (χ1v) is 10.7. The van der Waals surface area contributed by atoms with Crippen molar-refractivity contribution >= 4 is 28.3 Å². The standard InChI is InChI=1S/C24H28ClN3O2/c1-5-20(17-10-7-6-8-11-17)27-23(29)21-16(4)28(26-14-15(2)3)24(30)22-18(21)12-9-13-19(22)25/h6-13,15,20,26H,5,14H2,1-4H3,(H,27,29). The summed E-state index contributed by atoms with van der Waals surface area (Å²) in [6.45, 7) is 8.53. The number of nitrogens with one attached hydrogen (secondary N) is 2. The minimum absolute atomic E-state index is 0.128. The van der Waals surface area contributed by atoms with Crippen LogP contribution in [0.15, 0.2) is 53.3 Å². The molecule has 3 rings (SSSR count). The minimum Gasteiger partial charge on any atom is -0.345 e. The Balaban J connectivity index is 2.13. The summed E-state index contributed by atoms with van der Waals surface area (Å²) in [5.74, 6) is 0.105. The van der Waals surface area contributed by atoms with Gasteiger partial charge in [-0.3, -0.25) is 9.59 Å². The SMILES string of the molecule is CCC(NC(=O)c1c(C)n(NCC(C)C)c(=O)c2c(Cl)cccc12)c1ccccc1. The molecule has 5 nitrogen and oxygen atoms in total. The zero-order valence-electron chi connectivity index (χ0n) is 17.8. The molecule has 3 aromatic rings. The van der Waals surface area contributed by atoms with Crippen molar-refractivity contribution in [2.45, 2.75) is 40.2 Å². The normalized spacial score (nSPS) is 12.2. The quantitative estimate of drug-likeness (QED) is 0.557. The molecule has 0 bridgehead atoms. The third-order valence-corrected chi connectivity index (χ3v) is 5.51. The first-order chi connectivity index (χ1) is 14.3. The molecule has 0 saturated heterocycles. The molecule has 0 radical (unpaired) electrons. The molecule has 158 valence electrons. The first kappa shape index (κ1) is 21.9. The van der Waals surface area contributed by atoms with Crippen LogP contribution in [0.4, 0.5) is 0 Å². The Labute approximate surface area is 182 Å². The highest BCUT2D eigenvalue weighted by atomic mass is 35.5. The minimum atomic E-state index is -0.250. The number of hydrogen-bond acceptors (Lipinski definition) is 3. The zero-order chi connectivity index (χ0) is 21.8. The number of carbonyl (C=O) groups excluding carboxylic acids is 1. The Hall–Kier alpha value is -2.79. The highest BCUT2D eigenvalue weighted by molar-refractivity contribution is 6.36. The summed E-state index contributed by atoms with van der Waals surface area (Å²) in [6.07, 6.45) is 0.749. The topological polar surface area (TPSA) is 63.1 Å². The fraction of sp³-hybridized carbons (Fsp3) is 0.333. The third-order valence-electron chi connectivity index (χ3n) is 5.20. The van der Waals surface area contributed by atoms with Crippen LogP contribution in [0.25, 0.3) is 10.8 Å². The lowest BCUT2D eigenvalue weighted by atomic mass is 10.0. The van der Waals surface area contributed by atoms with Crippen molar-refractivity contribution in [3.63, 3.8) is 0 Å². The van der Waals surface area contributed by atoms with Crippen molar-refractivity contribution in [1.29, 1.82) is 0 Å². The summed E-state index contributed by atoms with van der Waals surface area (Å²) in [4.78, 5) is 26.6. The van der Waals surface area contributed by atoms with E-state index >= 15 is 0 Å². The van der Waals surface area contributed by atoms with Gasteiger partial charge in [-0.15, -0.1) is 0 Å². The maximum Gasteiger partial charge on any atom is 0.278 e. The second-order valence-corrected chi connectivity index (χ2v) is 8.27. The predicted octanol–water partition coefficient (Wildman–Crippen LogP) is 5.04. The van der Waals surface area contributed by atoms with Gasteiger partial charge in [-0.1, -0.05) is 74.8 Å². The van der Waals surface area contributed by atoms with Gasteiger partial charge >= 0.3 is 0 Å². The van der Waals surface area contributed by atoms with E-state index in [-0.39, 0.29) is 17.5 Å². The van der Waals surface area contributed by atoms with Gasteiger partial charge in [-0.2, -0.15) is 0 Å². The van der Waals surface area contributed by atoms with Gasteiger partial charge in [0.25, 0.3) is 11.5 Å². The molecule has 6 heteroatoms. The first-order valence-electron chi connectivity index (χ1n) is 10.3. The Kier molecular flexibility index (Phi) is 6.83. The van der Waals surface area contributed by atoms with E-state index in [2.05, 4.69) is 24.6 Å². The number of rotatable bonds is 7. The van der Waals surface area contributed by atoms with Gasteiger partial charge in [-0.05, 0) is 30.9 Å². The van der Waals surface area contributed by atoms with E-state index in [4.69, 9.17) is 11.6 Å². The van der Waals surface area contributed by atoms with Gasteiger partial charge in [0.05, 0.1) is 27.7 Å². The Bertz CT molecular complexity index is 1110. The average Bonchev–Trinajstić information content (AvgIpc) is 2.72. The van der Waals surface area contributed by atoms with Crippen LogP contribution in [-0.2, 0) is 0 Å². The van der Waals surface area contributed by atoms with E-state index in [0.717, 1.165) is 12.0 Å². The highest BCUT2D eigenvalue weighted by Crippen LogP contribution is 2.26. The number of fused-ring (bicyclic) bond motifs is 1. The second-order valence-electron chi connectivity index (χ2n) is 7.86. The Morgan fingerprint density at radius 2 is 1.80 bits per heavy atom. The molecule has 0 spiro atoms. The van der Waals surface area contributed by atoms with Gasteiger partial charge in [0.15, 0.2) is 0 Å². The zero-order valence-corrected chi connectivity index (χ0v) is 18.6. The van der Waals surface area contributed by atoms with Gasteiger partial charge in [0.2, 0.25) is 0 Å². The molecule has 2 N–H and O–H groups in total. The van der Waals surface area contributed by atoms with Gasteiger partial charge in [-0.25, -0.2) is 4.68 Å². The molecule has 0 fully saturated rings. The van der Waals surface area contributed by atoms with Crippen molar-refractivity contribution in [1.82, 2.24) is 9.99 Å². The molecule has 0 aliphatic rings. The fourth-order valence-electron chi connectivity index (χ4n) is 3.61. The molecule has 1 unspecified atom stereocenters. The summed E-state index contributed by atoms with van der Waals surface area (Å²) in [5.41, 5.74) is 4.97. The maximum atomic E-state index is 13.4. The number of pyridine rings is 1. The fourth-order valence-corrected chi connectivity index (χ4v) is 3.86. The Morgan fingerprint density at radius 1 is 1.10 bits per heavy atom. The number of hydrogen-bond donors (Lipinski definition) is 2. The molecular weight excluding hydrogens is 398 g/mol. The number of halogens is 1. The summed E-state index contributed by atoms with van der Waals surface area (Å²) in [6, 6.07) is 15.0. The number of amides is 1. The highest BCUT2D eigenvalue weighted by Gasteiger charge is 2.23. The number of carbonyl (C=O) groups is 1. The van der Waals surface area contributed by atoms with Crippen LogP contribution in [-0.4, -0.2) is 17.1 Å². The molecular formula is C24H28ClN3O2. The molecule has 1 heterocycles. The van der Waals surface area contributed by atoms with Crippen LogP contribution in [0.5, 0.6) is 0 Å². The Morgan fingerprint density at radius 3 is 2.43 bits per heavy atom. The van der Waals surface area contributed by atoms with Gasteiger partial charge in [0, 0.05) is 11.9 Å². The molecule has 0 saturated carbocycles. The molecule has 1 amide bonds. The lowest BCUT2D eigenvalue weighted by Gasteiger charge is -2.22. The monoisotopic (exact) mass is 425 g/mol. The molecule has 2 aromatic carbocycles. The molecule has 0 aliphatic heterocycles. The van der Waals surface area contributed by atoms with Crippen molar-refractivity contribution in [2.75, 3.05) is 12.0 Å². The number of benzene rings is 2. The molecule has 30 heavy (non-hydrogen) atoms.